The summed E-state index contributed by atoms with van der Waals surface area (Å²) in [6, 6.07) is 12.4. The molecule has 1 fully saturated rings. The average molecular weight is 358 g/mol. The zero-order chi connectivity index (χ0) is 17.4. The van der Waals surface area contributed by atoms with E-state index in [-0.39, 0.29) is 17.5 Å². The van der Waals surface area contributed by atoms with Gasteiger partial charge in [0, 0.05) is 41.5 Å². The van der Waals surface area contributed by atoms with E-state index in [9.17, 15) is 4.79 Å². The molecule has 2 heterocycles. The lowest BCUT2D eigenvalue weighted by molar-refractivity contribution is 0.150. The third-order valence-corrected chi connectivity index (χ3v) is 6.26. The molecule has 1 aromatic carbocycles. The Balaban J connectivity index is 1.46. The lowest BCUT2D eigenvalue weighted by Gasteiger charge is -2.47. The van der Waals surface area contributed by atoms with E-state index in [1.165, 1.54) is 17.7 Å². The molecule has 2 aromatic rings. The molecule has 0 saturated heterocycles. The maximum Gasteiger partial charge on any atom is 0.318 e. The highest BCUT2D eigenvalue weighted by Crippen LogP contribution is 2.46. The normalized spacial score (nSPS) is 19.7. The van der Waals surface area contributed by atoms with E-state index >= 15 is 0 Å². The van der Waals surface area contributed by atoms with Crippen molar-refractivity contribution in [3.63, 3.8) is 0 Å². The molecule has 2 amide bonds. The Bertz CT molecular complexity index is 764. The summed E-state index contributed by atoms with van der Waals surface area (Å²) in [5, 5.41) is 4.03. The molecule has 1 aliphatic carbocycles. The van der Waals surface area contributed by atoms with Gasteiger partial charge in [0.2, 0.25) is 0 Å². The fourth-order valence-electron chi connectivity index (χ4n) is 4.21. The monoisotopic (exact) mass is 357 g/mol. The van der Waals surface area contributed by atoms with Crippen LogP contribution in [0, 0.1) is 0 Å². The number of hydrogen-bond acceptors (Lipinski definition) is 1. The molecule has 0 spiro atoms. The Hall–Kier alpha value is -1.94. The Morgan fingerprint density at radius 1 is 1.20 bits per heavy atom. The molecular formula is C20H24ClN3O. The lowest BCUT2D eigenvalue weighted by Crippen LogP contribution is -2.56. The van der Waals surface area contributed by atoms with E-state index in [4.69, 9.17) is 11.6 Å². The van der Waals surface area contributed by atoms with Crippen LogP contribution in [0.5, 0.6) is 0 Å². The van der Waals surface area contributed by atoms with Gasteiger partial charge in [0.05, 0.1) is 6.54 Å². The zero-order valence-corrected chi connectivity index (χ0v) is 15.3. The maximum atomic E-state index is 12.8. The fourth-order valence-corrected chi connectivity index (χ4v) is 4.34. The number of benzene rings is 1. The van der Waals surface area contributed by atoms with Crippen molar-refractivity contribution >= 4 is 17.6 Å². The van der Waals surface area contributed by atoms with E-state index in [2.05, 4.69) is 41.2 Å². The summed E-state index contributed by atoms with van der Waals surface area (Å²) in [5.74, 6) is 0. The number of nitrogens with zero attached hydrogens (tertiary/aromatic N) is 2. The SMILES string of the molecule is CC(NC(=O)N1CCn2cccc2C1)C1(c2ccc(Cl)cc2)CCC1. The maximum absolute atomic E-state index is 12.8. The van der Waals surface area contributed by atoms with Crippen molar-refractivity contribution in [2.45, 2.75) is 50.7 Å². The second-order valence-electron chi connectivity index (χ2n) is 7.30. The van der Waals surface area contributed by atoms with Crippen molar-refractivity contribution in [2.75, 3.05) is 6.54 Å². The van der Waals surface area contributed by atoms with Gasteiger partial charge in [0.25, 0.3) is 0 Å². The first-order valence-electron chi connectivity index (χ1n) is 9.04. The molecule has 1 aliphatic heterocycles. The van der Waals surface area contributed by atoms with Crippen molar-refractivity contribution in [3.05, 3.63) is 58.9 Å². The second kappa shape index (κ2) is 6.41. The summed E-state index contributed by atoms with van der Waals surface area (Å²) in [5.41, 5.74) is 2.52. The predicted octanol–water partition coefficient (Wildman–Crippen LogP) is 4.18. The molecule has 1 unspecified atom stereocenters. The van der Waals surface area contributed by atoms with E-state index < -0.39 is 0 Å². The largest absolute Gasteiger partial charge is 0.348 e. The van der Waals surface area contributed by atoms with Crippen LogP contribution in [0.4, 0.5) is 4.79 Å². The molecule has 1 atom stereocenters. The topological polar surface area (TPSA) is 37.3 Å². The standard InChI is InChI=1S/C20H24ClN3O/c1-15(20(9-3-10-20)16-5-7-17(21)8-6-16)22-19(25)24-13-12-23-11-2-4-18(23)14-24/h2,4-8,11,15H,3,9-10,12-14H2,1H3,(H,22,25). The molecule has 132 valence electrons. The van der Waals surface area contributed by atoms with Gasteiger partial charge < -0.3 is 14.8 Å². The summed E-state index contributed by atoms with van der Waals surface area (Å²) < 4.78 is 2.22. The minimum absolute atomic E-state index is 0.0379. The molecule has 4 rings (SSSR count). The van der Waals surface area contributed by atoms with Crippen LogP contribution in [0.3, 0.4) is 0 Å². The number of hydrogen-bond donors (Lipinski definition) is 1. The Labute approximate surface area is 153 Å². The molecule has 5 heteroatoms. The molecule has 25 heavy (non-hydrogen) atoms. The van der Waals surface area contributed by atoms with Gasteiger partial charge in [-0.05, 0) is 49.6 Å². The van der Waals surface area contributed by atoms with Gasteiger partial charge in [0.15, 0.2) is 0 Å². The number of aromatic nitrogens is 1. The van der Waals surface area contributed by atoms with Crippen LogP contribution in [-0.2, 0) is 18.5 Å². The number of nitrogens with one attached hydrogen (secondary N) is 1. The first kappa shape index (κ1) is 16.5. The predicted molar refractivity (Wildman–Crippen MR) is 99.8 cm³/mol. The number of carbonyl (C=O) groups excluding carboxylic acids is 1. The third-order valence-electron chi connectivity index (χ3n) is 6.01. The highest BCUT2D eigenvalue weighted by molar-refractivity contribution is 6.30. The smallest absolute Gasteiger partial charge is 0.318 e. The molecule has 4 nitrogen and oxygen atoms in total. The van der Waals surface area contributed by atoms with Crippen LogP contribution in [0.2, 0.25) is 5.02 Å². The summed E-state index contributed by atoms with van der Waals surface area (Å²) in [6.07, 6.45) is 5.51. The van der Waals surface area contributed by atoms with Crippen LogP contribution in [0.1, 0.15) is 37.4 Å². The van der Waals surface area contributed by atoms with E-state index in [0.717, 1.165) is 31.0 Å². The van der Waals surface area contributed by atoms with Gasteiger partial charge in [-0.3, -0.25) is 0 Å². The first-order chi connectivity index (χ1) is 12.1. The number of amides is 2. The first-order valence-corrected chi connectivity index (χ1v) is 9.42. The van der Waals surface area contributed by atoms with Gasteiger partial charge in [-0.2, -0.15) is 0 Å². The van der Waals surface area contributed by atoms with Crippen LogP contribution in [0.15, 0.2) is 42.6 Å². The summed E-state index contributed by atoms with van der Waals surface area (Å²) in [6.45, 7) is 4.44. The number of halogens is 1. The summed E-state index contributed by atoms with van der Waals surface area (Å²) in [4.78, 5) is 14.7. The van der Waals surface area contributed by atoms with Gasteiger partial charge in [-0.25, -0.2) is 4.79 Å². The van der Waals surface area contributed by atoms with E-state index in [1.807, 2.05) is 23.1 Å². The van der Waals surface area contributed by atoms with Crippen molar-refractivity contribution < 1.29 is 4.79 Å². The molecule has 2 aliphatic rings. The van der Waals surface area contributed by atoms with Crippen molar-refractivity contribution in [3.8, 4) is 0 Å². The molecule has 0 radical (unpaired) electrons. The van der Waals surface area contributed by atoms with Crippen LogP contribution in [0.25, 0.3) is 0 Å². The van der Waals surface area contributed by atoms with E-state index in [1.54, 1.807) is 0 Å². The summed E-state index contributed by atoms with van der Waals surface area (Å²) in [7, 11) is 0. The van der Waals surface area contributed by atoms with Gasteiger partial charge in [0.1, 0.15) is 0 Å². The molecule has 1 N–H and O–H groups in total. The van der Waals surface area contributed by atoms with Gasteiger partial charge in [-0.1, -0.05) is 30.2 Å². The fraction of sp³-hybridized carbons (Fsp3) is 0.450. The Kier molecular flexibility index (Phi) is 4.24. The van der Waals surface area contributed by atoms with Crippen molar-refractivity contribution in [2.24, 2.45) is 0 Å². The Morgan fingerprint density at radius 3 is 2.64 bits per heavy atom. The van der Waals surface area contributed by atoms with Crippen LogP contribution in [-0.4, -0.2) is 28.1 Å². The highest BCUT2D eigenvalue weighted by Gasteiger charge is 2.44. The minimum Gasteiger partial charge on any atom is -0.348 e. The van der Waals surface area contributed by atoms with Gasteiger partial charge >= 0.3 is 6.03 Å². The average Bonchev–Trinajstić information content (AvgIpc) is 3.03. The van der Waals surface area contributed by atoms with Crippen molar-refractivity contribution in [1.82, 2.24) is 14.8 Å². The number of carbonyl (C=O) groups is 1. The van der Waals surface area contributed by atoms with Gasteiger partial charge in [-0.15, -0.1) is 0 Å². The highest BCUT2D eigenvalue weighted by atomic mass is 35.5. The number of fused-ring (bicyclic) bond motifs is 1. The quantitative estimate of drug-likeness (QED) is 0.879. The second-order valence-corrected chi connectivity index (χ2v) is 7.74. The molecule has 0 bridgehead atoms. The zero-order valence-electron chi connectivity index (χ0n) is 14.5. The minimum atomic E-state index is 0.0379. The molecule has 1 saturated carbocycles. The van der Waals surface area contributed by atoms with E-state index in [0.29, 0.717) is 6.54 Å². The summed E-state index contributed by atoms with van der Waals surface area (Å²) >= 11 is 6.04. The number of rotatable bonds is 3. The lowest BCUT2D eigenvalue weighted by atomic mass is 9.60. The number of urea groups is 1. The van der Waals surface area contributed by atoms with Crippen LogP contribution >= 0.6 is 11.6 Å². The van der Waals surface area contributed by atoms with Crippen LogP contribution < -0.4 is 5.32 Å². The molecule has 1 aromatic heterocycles. The Morgan fingerprint density at radius 2 is 1.96 bits per heavy atom. The van der Waals surface area contributed by atoms with Crippen molar-refractivity contribution in [1.29, 1.82) is 0 Å². The third kappa shape index (κ3) is 2.93. The molecular weight excluding hydrogens is 334 g/mol.